The highest BCUT2D eigenvalue weighted by Gasteiger charge is 2.15. The SMILES string of the molecule is O=C(CCCn1nnnc1CN1CCOCC1)NCCC1=CCCCC1. The van der Waals surface area contributed by atoms with E-state index in [9.17, 15) is 4.79 Å². The molecular weight excluding hydrogens is 332 g/mol. The molecule has 1 aliphatic carbocycles. The quantitative estimate of drug-likeness (QED) is 0.667. The van der Waals surface area contributed by atoms with Gasteiger partial charge in [0.25, 0.3) is 0 Å². The van der Waals surface area contributed by atoms with Crippen LogP contribution in [0.25, 0.3) is 0 Å². The predicted octanol–water partition coefficient (Wildman–Crippen LogP) is 1.29. The molecule has 0 aromatic carbocycles. The second-order valence-electron chi connectivity index (χ2n) is 7.02. The zero-order valence-electron chi connectivity index (χ0n) is 15.5. The molecule has 0 radical (unpaired) electrons. The standard InChI is InChI=1S/C18H30N6O2/c25-18(19-9-8-16-5-2-1-3-6-16)7-4-10-24-17(20-21-22-24)15-23-11-13-26-14-12-23/h5H,1-4,6-15H2,(H,19,25). The Morgan fingerprint density at radius 1 is 1.27 bits per heavy atom. The molecule has 2 heterocycles. The van der Waals surface area contributed by atoms with Gasteiger partial charge < -0.3 is 10.1 Å². The summed E-state index contributed by atoms with van der Waals surface area (Å²) in [6.45, 7) is 5.50. The first-order valence-corrected chi connectivity index (χ1v) is 9.81. The average molecular weight is 362 g/mol. The minimum Gasteiger partial charge on any atom is -0.379 e. The van der Waals surface area contributed by atoms with Crippen LogP contribution in [0.15, 0.2) is 11.6 Å². The molecule has 1 aromatic heterocycles. The van der Waals surface area contributed by atoms with E-state index in [2.05, 4.69) is 31.8 Å². The number of allylic oxidation sites excluding steroid dienone is 1. The Morgan fingerprint density at radius 2 is 2.15 bits per heavy atom. The van der Waals surface area contributed by atoms with Crippen molar-refractivity contribution in [3.8, 4) is 0 Å². The normalized spacial score (nSPS) is 18.5. The zero-order chi connectivity index (χ0) is 18.0. The molecule has 2 aliphatic rings. The zero-order valence-corrected chi connectivity index (χ0v) is 15.5. The minimum atomic E-state index is 0.115. The molecule has 26 heavy (non-hydrogen) atoms. The fourth-order valence-corrected chi connectivity index (χ4v) is 3.44. The van der Waals surface area contributed by atoms with Crippen LogP contribution in [0.2, 0.25) is 0 Å². The fourth-order valence-electron chi connectivity index (χ4n) is 3.44. The van der Waals surface area contributed by atoms with Gasteiger partial charge >= 0.3 is 0 Å². The van der Waals surface area contributed by atoms with E-state index in [1.807, 2.05) is 4.68 Å². The Hall–Kier alpha value is -1.80. The summed E-state index contributed by atoms with van der Waals surface area (Å²) < 4.78 is 7.18. The molecule has 144 valence electrons. The molecule has 1 N–H and O–H groups in total. The van der Waals surface area contributed by atoms with Gasteiger partial charge in [0, 0.05) is 32.6 Å². The highest BCUT2D eigenvalue weighted by Crippen LogP contribution is 2.19. The van der Waals surface area contributed by atoms with Crippen LogP contribution in [0.4, 0.5) is 0 Å². The van der Waals surface area contributed by atoms with E-state index >= 15 is 0 Å². The molecule has 3 rings (SSSR count). The molecule has 8 heteroatoms. The Morgan fingerprint density at radius 3 is 2.96 bits per heavy atom. The second kappa shape index (κ2) is 10.4. The van der Waals surface area contributed by atoms with E-state index in [1.165, 1.54) is 31.3 Å². The summed E-state index contributed by atoms with van der Waals surface area (Å²) in [4.78, 5) is 14.3. The summed E-state index contributed by atoms with van der Waals surface area (Å²) in [5, 5.41) is 15.0. The lowest BCUT2D eigenvalue weighted by Gasteiger charge is -2.25. The minimum absolute atomic E-state index is 0.115. The van der Waals surface area contributed by atoms with Crippen molar-refractivity contribution in [3.63, 3.8) is 0 Å². The maximum atomic E-state index is 12.0. The van der Waals surface area contributed by atoms with Crippen molar-refractivity contribution < 1.29 is 9.53 Å². The third-order valence-corrected chi connectivity index (χ3v) is 5.00. The molecule has 0 saturated carbocycles. The number of tetrazole rings is 1. The van der Waals surface area contributed by atoms with E-state index in [-0.39, 0.29) is 5.91 Å². The lowest BCUT2D eigenvalue weighted by Crippen LogP contribution is -2.36. The van der Waals surface area contributed by atoms with Crippen LogP contribution in [0, 0.1) is 0 Å². The van der Waals surface area contributed by atoms with Gasteiger partial charge in [0.1, 0.15) is 0 Å². The summed E-state index contributed by atoms with van der Waals surface area (Å²) in [6.07, 6.45) is 9.57. The number of morpholine rings is 1. The largest absolute Gasteiger partial charge is 0.379 e. The summed E-state index contributed by atoms with van der Waals surface area (Å²) in [5.74, 6) is 0.973. The first-order valence-electron chi connectivity index (χ1n) is 9.81. The number of aromatic nitrogens is 4. The van der Waals surface area contributed by atoms with E-state index in [0.29, 0.717) is 13.0 Å². The summed E-state index contributed by atoms with van der Waals surface area (Å²) in [7, 11) is 0. The number of carbonyl (C=O) groups is 1. The number of ether oxygens (including phenoxy) is 1. The third-order valence-electron chi connectivity index (χ3n) is 5.00. The smallest absolute Gasteiger partial charge is 0.220 e. The predicted molar refractivity (Wildman–Crippen MR) is 97.3 cm³/mol. The van der Waals surface area contributed by atoms with Crippen molar-refractivity contribution in [1.82, 2.24) is 30.4 Å². The van der Waals surface area contributed by atoms with Crippen molar-refractivity contribution in [1.29, 1.82) is 0 Å². The highest BCUT2D eigenvalue weighted by atomic mass is 16.5. The van der Waals surface area contributed by atoms with Gasteiger partial charge in [-0.05, 0) is 49.0 Å². The number of hydrogen-bond donors (Lipinski definition) is 1. The van der Waals surface area contributed by atoms with Gasteiger partial charge in [-0.2, -0.15) is 0 Å². The molecule has 1 fully saturated rings. The van der Waals surface area contributed by atoms with Gasteiger partial charge in [-0.15, -0.1) is 5.10 Å². The van der Waals surface area contributed by atoms with Crippen molar-refractivity contribution in [2.45, 2.75) is 58.0 Å². The number of aryl methyl sites for hydroxylation is 1. The molecule has 0 unspecified atom stereocenters. The van der Waals surface area contributed by atoms with Crippen LogP contribution < -0.4 is 5.32 Å². The van der Waals surface area contributed by atoms with Crippen LogP contribution in [-0.2, 0) is 22.6 Å². The van der Waals surface area contributed by atoms with E-state index < -0.39 is 0 Å². The second-order valence-corrected chi connectivity index (χ2v) is 7.02. The number of amides is 1. The topological polar surface area (TPSA) is 85.2 Å². The molecule has 0 bridgehead atoms. The van der Waals surface area contributed by atoms with Crippen LogP contribution >= 0.6 is 0 Å². The summed E-state index contributed by atoms with van der Waals surface area (Å²) >= 11 is 0. The molecule has 1 amide bonds. The van der Waals surface area contributed by atoms with E-state index in [1.54, 1.807) is 0 Å². The monoisotopic (exact) mass is 362 g/mol. The van der Waals surface area contributed by atoms with Gasteiger partial charge in [-0.1, -0.05) is 11.6 Å². The molecule has 0 spiro atoms. The Labute approximate surface area is 155 Å². The van der Waals surface area contributed by atoms with Crippen molar-refractivity contribution >= 4 is 5.91 Å². The Kier molecular flexibility index (Phi) is 7.57. The van der Waals surface area contributed by atoms with Gasteiger partial charge in [-0.3, -0.25) is 9.69 Å². The number of nitrogens with one attached hydrogen (secondary N) is 1. The Bertz CT molecular complexity index is 594. The summed E-state index contributed by atoms with van der Waals surface area (Å²) in [6, 6.07) is 0. The summed E-state index contributed by atoms with van der Waals surface area (Å²) in [5.41, 5.74) is 1.50. The third kappa shape index (κ3) is 6.17. The maximum Gasteiger partial charge on any atom is 0.220 e. The average Bonchev–Trinajstić information content (AvgIpc) is 3.10. The molecule has 1 aromatic rings. The Balaban J connectivity index is 1.32. The molecular formula is C18H30N6O2. The molecule has 1 aliphatic heterocycles. The van der Waals surface area contributed by atoms with Crippen LogP contribution in [0.5, 0.6) is 0 Å². The molecule has 1 saturated heterocycles. The van der Waals surface area contributed by atoms with Crippen molar-refractivity contribution in [2.75, 3.05) is 32.8 Å². The molecule has 0 atom stereocenters. The van der Waals surface area contributed by atoms with Gasteiger partial charge in [0.2, 0.25) is 5.91 Å². The van der Waals surface area contributed by atoms with Crippen LogP contribution in [-0.4, -0.2) is 63.9 Å². The van der Waals surface area contributed by atoms with Crippen LogP contribution in [0.3, 0.4) is 0 Å². The number of carbonyl (C=O) groups excluding carboxylic acids is 1. The first kappa shape index (κ1) is 19.0. The fraction of sp³-hybridized carbons (Fsp3) is 0.778. The number of rotatable bonds is 9. The first-order chi connectivity index (χ1) is 12.8. The van der Waals surface area contributed by atoms with Crippen LogP contribution in [0.1, 0.15) is 50.8 Å². The van der Waals surface area contributed by atoms with Gasteiger partial charge in [0.05, 0.1) is 19.8 Å². The van der Waals surface area contributed by atoms with E-state index in [0.717, 1.165) is 58.1 Å². The maximum absolute atomic E-state index is 12.0. The number of hydrogen-bond acceptors (Lipinski definition) is 6. The lowest BCUT2D eigenvalue weighted by molar-refractivity contribution is -0.121. The van der Waals surface area contributed by atoms with Crippen molar-refractivity contribution in [2.24, 2.45) is 0 Å². The van der Waals surface area contributed by atoms with Gasteiger partial charge in [0.15, 0.2) is 5.82 Å². The van der Waals surface area contributed by atoms with Crippen molar-refractivity contribution in [3.05, 3.63) is 17.5 Å². The lowest BCUT2D eigenvalue weighted by atomic mass is 9.97. The van der Waals surface area contributed by atoms with Gasteiger partial charge in [-0.25, -0.2) is 4.68 Å². The van der Waals surface area contributed by atoms with E-state index in [4.69, 9.17) is 4.74 Å². The number of nitrogens with zero attached hydrogens (tertiary/aromatic N) is 5. The highest BCUT2D eigenvalue weighted by molar-refractivity contribution is 5.75. The molecule has 8 nitrogen and oxygen atoms in total.